The van der Waals surface area contributed by atoms with Crippen LogP contribution in [0.2, 0.25) is 0 Å². The van der Waals surface area contributed by atoms with Crippen molar-refractivity contribution in [3.05, 3.63) is 63.9 Å². The summed E-state index contributed by atoms with van der Waals surface area (Å²) in [5.41, 5.74) is 3.86. The van der Waals surface area contributed by atoms with Crippen molar-refractivity contribution in [3.63, 3.8) is 0 Å². The third kappa shape index (κ3) is 4.73. The smallest absolute Gasteiger partial charge is 0.0413 e. The molecule has 0 N–H and O–H groups in total. The highest BCUT2D eigenvalue weighted by atomic mass is 79.9. The average molecular weight is 383 g/mol. The molecule has 1 atom stereocenters. The van der Waals surface area contributed by atoms with Gasteiger partial charge in [-0.2, -0.15) is 0 Å². The molecule has 19 heavy (non-hydrogen) atoms. The number of aryl methyl sites for hydroxylation is 1. The Bertz CT molecular complexity index is 458. The molecule has 1 aromatic carbocycles. The number of nitrogens with zero attached hydrogens (tertiary/aromatic N) is 1. The third-order valence-electron chi connectivity index (χ3n) is 3.15. The Hall–Kier alpha value is -0.670. The summed E-state index contributed by atoms with van der Waals surface area (Å²) in [4.78, 5) is 4.45. The van der Waals surface area contributed by atoms with Crippen LogP contribution in [0.1, 0.15) is 16.8 Å². The molecular formula is C16H17Br2N. The summed E-state index contributed by atoms with van der Waals surface area (Å²) in [6.45, 7) is 2.12. The van der Waals surface area contributed by atoms with Gasteiger partial charge in [-0.1, -0.05) is 45.8 Å². The zero-order valence-electron chi connectivity index (χ0n) is 10.9. The summed E-state index contributed by atoms with van der Waals surface area (Å²) < 4.78 is 1.03. The fourth-order valence-corrected chi connectivity index (χ4v) is 2.75. The molecule has 0 saturated carbocycles. The van der Waals surface area contributed by atoms with Crippen LogP contribution in [0.4, 0.5) is 0 Å². The van der Waals surface area contributed by atoms with Crippen LogP contribution in [0, 0.1) is 12.8 Å². The second-order valence-electron chi connectivity index (χ2n) is 4.88. The van der Waals surface area contributed by atoms with Crippen molar-refractivity contribution in [2.24, 2.45) is 5.92 Å². The Balaban J connectivity index is 2.00. The molecule has 0 fully saturated rings. The molecule has 0 radical (unpaired) electrons. The van der Waals surface area contributed by atoms with Gasteiger partial charge in [0.05, 0.1) is 0 Å². The van der Waals surface area contributed by atoms with Gasteiger partial charge in [-0.25, -0.2) is 0 Å². The Morgan fingerprint density at radius 3 is 2.37 bits per heavy atom. The fraction of sp³-hybridized carbons (Fsp3) is 0.312. The van der Waals surface area contributed by atoms with Gasteiger partial charge < -0.3 is 0 Å². The van der Waals surface area contributed by atoms with Crippen LogP contribution in [0.5, 0.6) is 0 Å². The van der Waals surface area contributed by atoms with E-state index in [0.717, 1.165) is 28.3 Å². The van der Waals surface area contributed by atoms with Crippen molar-refractivity contribution in [2.45, 2.75) is 19.8 Å². The van der Waals surface area contributed by atoms with E-state index >= 15 is 0 Å². The molecule has 0 saturated heterocycles. The molecule has 2 rings (SSSR count). The number of rotatable bonds is 5. The topological polar surface area (TPSA) is 12.9 Å². The molecule has 100 valence electrons. The Labute approximate surface area is 131 Å². The molecule has 1 unspecified atom stereocenters. The predicted molar refractivity (Wildman–Crippen MR) is 87.8 cm³/mol. The van der Waals surface area contributed by atoms with Gasteiger partial charge in [0.25, 0.3) is 0 Å². The molecule has 1 heterocycles. The first kappa shape index (κ1) is 14.7. The van der Waals surface area contributed by atoms with Gasteiger partial charge in [0.15, 0.2) is 0 Å². The lowest BCUT2D eigenvalue weighted by Crippen LogP contribution is -2.10. The van der Waals surface area contributed by atoms with Gasteiger partial charge in [-0.15, -0.1) is 0 Å². The minimum Gasteiger partial charge on any atom is -0.260 e. The van der Waals surface area contributed by atoms with Gasteiger partial charge in [0.1, 0.15) is 0 Å². The van der Waals surface area contributed by atoms with Gasteiger partial charge in [-0.05, 0) is 59.3 Å². The highest BCUT2D eigenvalue weighted by Gasteiger charge is 2.10. The van der Waals surface area contributed by atoms with E-state index in [0.29, 0.717) is 5.92 Å². The molecular weight excluding hydrogens is 366 g/mol. The predicted octanol–water partition coefficient (Wildman–Crippen LogP) is 4.95. The van der Waals surface area contributed by atoms with E-state index in [1.54, 1.807) is 0 Å². The number of hydrogen-bond acceptors (Lipinski definition) is 1. The molecule has 0 aliphatic heterocycles. The van der Waals surface area contributed by atoms with Crippen LogP contribution in [-0.2, 0) is 12.8 Å². The minimum atomic E-state index is 0.580. The largest absolute Gasteiger partial charge is 0.260 e. The summed E-state index contributed by atoms with van der Waals surface area (Å²) in [7, 11) is 0. The number of aromatic nitrogens is 1. The molecule has 1 aromatic heterocycles. The van der Waals surface area contributed by atoms with E-state index in [9.17, 15) is 0 Å². The average Bonchev–Trinajstić information content (AvgIpc) is 2.43. The zero-order valence-corrected chi connectivity index (χ0v) is 14.1. The maximum atomic E-state index is 4.45. The summed E-state index contributed by atoms with van der Waals surface area (Å²) in [5.74, 6) is 0.580. The minimum absolute atomic E-state index is 0.580. The highest BCUT2D eigenvalue weighted by Crippen LogP contribution is 2.17. The van der Waals surface area contributed by atoms with E-state index in [4.69, 9.17) is 0 Å². The number of benzene rings is 1. The number of hydrogen-bond donors (Lipinski definition) is 0. The second-order valence-corrected chi connectivity index (χ2v) is 6.45. The molecule has 0 amide bonds. The van der Waals surface area contributed by atoms with Gasteiger partial charge in [-0.3, -0.25) is 4.98 Å². The van der Waals surface area contributed by atoms with E-state index < -0.39 is 0 Å². The molecule has 1 nitrogen and oxygen atoms in total. The molecule has 0 bridgehead atoms. The summed E-state index contributed by atoms with van der Waals surface area (Å²) >= 11 is 7.04. The number of pyridine rings is 1. The molecule has 3 heteroatoms. The van der Waals surface area contributed by atoms with E-state index in [1.165, 1.54) is 11.1 Å². The van der Waals surface area contributed by atoms with Crippen LogP contribution >= 0.6 is 31.9 Å². The molecule has 2 aromatic rings. The van der Waals surface area contributed by atoms with Crippen molar-refractivity contribution >= 4 is 31.9 Å². The first-order valence-electron chi connectivity index (χ1n) is 6.39. The normalized spacial score (nSPS) is 12.4. The standard InChI is InChI=1S/C16H17Br2N/c1-12-2-4-13(5-3-12)8-14(10-17)9-16-7-6-15(18)11-19-16/h2-7,11,14H,8-10H2,1H3. The van der Waals surface area contributed by atoms with Crippen molar-refractivity contribution in [2.75, 3.05) is 5.33 Å². The quantitative estimate of drug-likeness (QED) is 0.666. The van der Waals surface area contributed by atoms with Gasteiger partial charge in [0, 0.05) is 21.7 Å². The third-order valence-corrected chi connectivity index (χ3v) is 4.53. The van der Waals surface area contributed by atoms with Crippen molar-refractivity contribution in [3.8, 4) is 0 Å². The molecule has 0 spiro atoms. The highest BCUT2D eigenvalue weighted by molar-refractivity contribution is 9.10. The fourth-order valence-electron chi connectivity index (χ4n) is 2.06. The SMILES string of the molecule is Cc1ccc(CC(CBr)Cc2ccc(Br)cn2)cc1. The lowest BCUT2D eigenvalue weighted by atomic mass is 9.96. The maximum absolute atomic E-state index is 4.45. The monoisotopic (exact) mass is 381 g/mol. The van der Waals surface area contributed by atoms with Crippen LogP contribution in [0.25, 0.3) is 0 Å². The number of alkyl halides is 1. The molecule has 0 aliphatic carbocycles. The van der Waals surface area contributed by atoms with Crippen LogP contribution in [0.15, 0.2) is 47.1 Å². The van der Waals surface area contributed by atoms with Crippen molar-refractivity contribution in [1.29, 1.82) is 0 Å². The first-order chi connectivity index (χ1) is 9.17. The Kier molecular flexibility index (Phi) is 5.59. The Morgan fingerprint density at radius 1 is 1.05 bits per heavy atom. The number of halogens is 2. The summed E-state index contributed by atoms with van der Waals surface area (Å²) in [6, 6.07) is 12.9. The Morgan fingerprint density at radius 2 is 1.79 bits per heavy atom. The van der Waals surface area contributed by atoms with Gasteiger partial charge >= 0.3 is 0 Å². The van der Waals surface area contributed by atoms with Crippen LogP contribution in [-0.4, -0.2) is 10.3 Å². The van der Waals surface area contributed by atoms with E-state index in [2.05, 4.69) is 80.2 Å². The summed E-state index contributed by atoms with van der Waals surface area (Å²) in [5, 5.41) is 0.999. The first-order valence-corrected chi connectivity index (χ1v) is 8.31. The van der Waals surface area contributed by atoms with Gasteiger partial charge in [0.2, 0.25) is 0 Å². The maximum Gasteiger partial charge on any atom is 0.0413 e. The molecule has 0 aliphatic rings. The lowest BCUT2D eigenvalue weighted by Gasteiger charge is -2.14. The van der Waals surface area contributed by atoms with E-state index in [-0.39, 0.29) is 0 Å². The van der Waals surface area contributed by atoms with Crippen molar-refractivity contribution < 1.29 is 0 Å². The lowest BCUT2D eigenvalue weighted by molar-refractivity contribution is 0.582. The van der Waals surface area contributed by atoms with E-state index in [1.807, 2.05) is 6.20 Å². The zero-order chi connectivity index (χ0) is 13.7. The second kappa shape index (κ2) is 7.20. The van der Waals surface area contributed by atoms with Crippen LogP contribution in [0.3, 0.4) is 0 Å². The van der Waals surface area contributed by atoms with Crippen LogP contribution < -0.4 is 0 Å². The van der Waals surface area contributed by atoms with Crippen molar-refractivity contribution in [1.82, 2.24) is 4.98 Å². The summed E-state index contributed by atoms with van der Waals surface area (Å²) in [6.07, 6.45) is 3.96.